The summed E-state index contributed by atoms with van der Waals surface area (Å²) >= 11 is 0. The molecule has 0 aliphatic heterocycles. The minimum absolute atomic E-state index is 0.0477. The van der Waals surface area contributed by atoms with Gasteiger partial charge in [0, 0.05) is 6.54 Å². The Bertz CT molecular complexity index is 860. The molecule has 0 atom stereocenters. The summed E-state index contributed by atoms with van der Waals surface area (Å²) < 4.78 is 38.8. The molecular formula is C21H27NO4S. The molecule has 0 fully saturated rings. The van der Waals surface area contributed by atoms with Gasteiger partial charge in [-0.3, -0.25) is 0 Å². The first kappa shape index (κ1) is 19.7. The van der Waals surface area contributed by atoms with Gasteiger partial charge in [0.15, 0.2) is 0 Å². The minimum atomic E-state index is -3.56. The highest BCUT2D eigenvalue weighted by Crippen LogP contribution is 2.29. The Morgan fingerprint density at radius 3 is 2.52 bits per heavy atom. The first-order chi connectivity index (χ1) is 13.0. The molecule has 3 rings (SSSR count). The van der Waals surface area contributed by atoms with E-state index in [2.05, 4.69) is 10.8 Å². The predicted molar refractivity (Wildman–Crippen MR) is 106 cm³/mol. The van der Waals surface area contributed by atoms with E-state index in [0.29, 0.717) is 12.4 Å². The summed E-state index contributed by atoms with van der Waals surface area (Å²) in [7, 11) is -3.56. The van der Waals surface area contributed by atoms with E-state index in [-0.39, 0.29) is 17.5 Å². The van der Waals surface area contributed by atoms with Crippen molar-refractivity contribution < 1.29 is 17.9 Å². The zero-order chi connectivity index (χ0) is 19.3. The highest BCUT2D eigenvalue weighted by Gasteiger charge is 2.15. The monoisotopic (exact) mass is 389 g/mol. The van der Waals surface area contributed by atoms with Crippen LogP contribution >= 0.6 is 0 Å². The standard InChI is InChI=1S/C21H27NO4S/c1-16(2)26-18-10-12-19(13-11-18)27(23,24)22-14-15-25-21-9-5-7-17-6-3-4-8-20(17)21/h5,7,9-13,16,22H,3-4,6,8,14-15H2,1-2H3. The molecule has 0 saturated carbocycles. The quantitative estimate of drug-likeness (QED) is 0.699. The fraction of sp³-hybridized carbons (Fsp3) is 0.429. The van der Waals surface area contributed by atoms with Gasteiger partial charge in [0.1, 0.15) is 18.1 Å². The molecule has 0 radical (unpaired) electrons. The van der Waals surface area contributed by atoms with Crippen molar-refractivity contribution in [2.24, 2.45) is 0 Å². The van der Waals surface area contributed by atoms with Crippen LogP contribution in [0.3, 0.4) is 0 Å². The summed E-state index contributed by atoms with van der Waals surface area (Å²) in [5.41, 5.74) is 2.62. The van der Waals surface area contributed by atoms with E-state index in [1.807, 2.05) is 26.0 Å². The van der Waals surface area contributed by atoms with E-state index >= 15 is 0 Å². The lowest BCUT2D eigenvalue weighted by molar-refractivity contribution is 0.242. The first-order valence-electron chi connectivity index (χ1n) is 9.45. The fourth-order valence-corrected chi connectivity index (χ4v) is 4.28. The Balaban J connectivity index is 1.54. The van der Waals surface area contributed by atoms with E-state index < -0.39 is 10.0 Å². The summed E-state index contributed by atoms with van der Waals surface area (Å²) in [6.45, 7) is 4.37. The molecule has 146 valence electrons. The number of hydrogen-bond donors (Lipinski definition) is 1. The van der Waals surface area contributed by atoms with Crippen molar-refractivity contribution >= 4 is 10.0 Å². The molecule has 2 aromatic carbocycles. The summed E-state index contributed by atoms with van der Waals surface area (Å²) in [5, 5.41) is 0. The van der Waals surface area contributed by atoms with Crippen LogP contribution in [0.5, 0.6) is 11.5 Å². The van der Waals surface area contributed by atoms with Gasteiger partial charge in [-0.15, -0.1) is 0 Å². The largest absolute Gasteiger partial charge is 0.492 e. The third kappa shape index (κ3) is 5.23. The molecule has 0 aromatic heterocycles. The Labute approximate surface area is 161 Å². The Morgan fingerprint density at radius 2 is 1.78 bits per heavy atom. The smallest absolute Gasteiger partial charge is 0.240 e. The lowest BCUT2D eigenvalue weighted by Gasteiger charge is -2.19. The molecule has 0 spiro atoms. The molecule has 2 aromatic rings. The van der Waals surface area contributed by atoms with E-state index in [9.17, 15) is 8.42 Å². The van der Waals surface area contributed by atoms with Gasteiger partial charge in [0.05, 0.1) is 11.0 Å². The van der Waals surface area contributed by atoms with Gasteiger partial charge in [-0.2, -0.15) is 0 Å². The molecule has 1 aliphatic carbocycles. The van der Waals surface area contributed by atoms with Crippen LogP contribution in [0.25, 0.3) is 0 Å². The number of ether oxygens (including phenoxy) is 2. The normalized spacial score (nSPS) is 14.0. The van der Waals surface area contributed by atoms with Crippen LogP contribution in [0, 0.1) is 0 Å². The summed E-state index contributed by atoms with van der Waals surface area (Å²) in [6, 6.07) is 12.6. The number of benzene rings is 2. The van der Waals surface area contributed by atoms with Crippen LogP contribution in [0.2, 0.25) is 0 Å². The number of aryl methyl sites for hydroxylation is 1. The van der Waals surface area contributed by atoms with Crippen molar-refractivity contribution in [3.63, 3.8) is 0 Å². The molecule has 5 nitrogen and oxygen atoms in total. The van der Waals surface area contributed by atoms with Gasteiger partial charge in [-0.05, 0) is 81.0 Å². The van der Waals surface area contributed by atoms with E-state index in [1.165, 1.54) is 24.0 Å². The molecule has 0 unspecified atom stereocenters. The predicted octanol–water partition coefficient (Wildman–Crippen LogP) is 3.71. The topological polar surface area (TPSA) is 64.6 Å². The maximum absolute atomic E-state index is 12.4. The zero-order valence-electron chi connectivity index (χ0n) is 15.9. The van der Waals surface area contributed by atoms with Crippen molar-refractivity contribution in [1.82, 2.24) is 4.72 Å². The van der Waals surface area contributed by atoms with Crippen molar-refractivity contribution in [3.8, 4) is 11.5 Å². The van der Waals surface area contributed by atoms with E-state index in [4.69, 9.17) is 9.47 Å². The Hall–Kier alpha value is -2.05. The van der Waals surface area contributed by atoms with Crippen LogP contribution in [0.4, 0.5) is 0 Å². The molecule has 6 heteroatoms. The molecule has 1 aliphatic rings. The second-order valence-electron chi connectivity index (χ2n) is 6.99. The zero-order valence-corrected chi connectivity index (χ0v) is 16.7. The number of hydrogen-bond acceptors (Lipinski definition) is 4. The number of sulfonamides is 1. The lowest BCUT2D eigenvalue weighted by Crippen LogP contribution is -2.28. The van der Waals surface area contributed by atoms with Gasteiger partial charge < -0.3 is 9.47 Å². The van der Waals surface area contributed by atoms with Crippen LogP contribution in [-0.2, 0) is 22.9 Å². The van der Waals surface area contributed by atoms with Crippen molar-refractivity contribution in [2.75, 3.05) is 13.2 Å². The average Bonchev–Trinajstić information content (AvgIpc) is 2.65. The third-order valence-corrected chi connectivity index (χ3v) is 5.99. The van der Waals surface area contributed by atoms with Gasteiger partial charge in [0.2, 0.25) is 10.0 Å². The molecular weight excluding hydrogens is 362 g/mol. The minimum Gasteiger partial charge on any atom is -0.492 e. The van der Waals surface area contributed by atoms with Crippen LogP contribution < -0.4 is 14.2 Å². The first-order valence-corrected chi connectivity index (χ1v) is 10.9. The summed E-state index contributed by atoms with van der Waals surface area (Å²) in [5.74, 6) is 1.53. The van der Waals surface area contributed by atoms with Gasteiger partial charge >= 0.3 is 0 Å². The van der Waals surface area contributed by atoms with Crippen molar-refractivity contribution in [2.45, 2.75) is 50.5 Å². The van der Waals surface area contributed by atoms with Gasteiger partial charge in [-0.1, -0.05) is 12.1 Å². The number of fused-ring (bicyclic) bond motifs is 1. The highest BCUT2D eigenvalue weighted by molar-refractivity contribution is 7.89. The van der Waals surface area contributed by atoms with Crippen LogP contribution in [0.1, 0.15) is 37.8 Å². The highest BCUT2D eigenvalue weighted by atomic mass is 32.2. The number of rotatable bonds is 8. The molecule has 1 N–H and O–H groups in total. The van der Waals surface area contributed by atoms with E-state index in [0.717, 1.165) is 18.6 Å². The third-order valence-electron chi connectivity index (χ3n) is 4.51. The molecule has 0 heterocycles. The maximum atomic E-state index is 12.4. The van der Waals surface area contributed by atoms with E-state index in [1.54, 1.807) is 24.3 Å². The Kier molecular flexibility index (Phi) is 6.39. The lowest BCUT2D eigenvalue weighted by atomic mass is 9.91. The summed E-state index contributed by atoms with van der Waals surface area (Å²) in [6.07, 6.45) is 4.57. The molecule has 0 amide bonds. The van der Waals surface area contributed by atoms with Crippen molar-refractivity contribution in [3.05, 3.63) is 53.6 Å². The van der Waals surface area contributed by atoms with Crippen LogP contribution in [-0.4, -0.2) is 27.7 Å². The molecule has 0 saturated heterocycles. The summed E-state index contributed by atoms with van der Waals surface area (Å²) in [4.78, 5) is 0.218. The number of nitrogens with one attached hydrogen (secondary N) is 1. The maximum Gasteiger partial charge on any atom is 0.240 e. The van der Waals surface area contributed by atoms with Gasteiger partial charge in [-0.25, -0.2) is 13.1 Å². The SMILES string of the molecule is CC(C)Oc1ccc(S(=O)(=O)NCCOc2cccc3c2CCCC3)cc1. The van der Waals surface area contributed by atoms with Crippen molar-refractivity contribution in [1.29, 1.82) is 0 Å². The fourth-order valence-electron chi connectivity index (χ4n) is 3.27. The molecule has 0 bridgehead atoms. The average molecular weight is 390 g/mol. The second-order valence-corrected chi connectivity index (χ2v) is 8.75. The van der Waals surface area contributed by atoms with Crippen LogP contribution in [0.15, 0.2) is 47.4 Å². The second kappa shape index (κ2) is 8.76. The van der Waals surface area contributed by atoms with Gasteiger partial charge in [0.25, 0.3) is 0 Å². The Morgan fingerprint density at radius 1 is 1.04 bits per heavy atom. The molecule has 27 heavy (non-hydrogen) atoms.